The minimum atomic E-state index is 0.0614. The molecule has 2 aromatic rings. The Balaban J connectivity index is 2.18. The van der Waals surface area contributed by atoms with Crippen LogP contribution in [0.2, 0.25) is 0 Å². The maximum absolute atomic E-state index is 12.0. The van der Waals surface area contributed by atoms with Gasteiger partial charge in [0.2, 0.25) is 0 Å². The van der Waals surface area contributed by atoms with E-state index in [1.807, 2.05) is 31.7 Å². The lowest BCUT2D eigenvalue weighted by Crippen LogP contribution is -2.04. The molecule has 0 N–H and O–H groups in total. The van der Waals surface area contributed by atoms with Crippen LogP contribution in [-0.4, -0.2) is 11.0 Å². The molecule has 2 rings (SSSR count). The van der Waals surface area contributed by atoms with Crippen molar-refractivity contribution in [2.24, 2.45) is 5.92 Å². The highest BCUT2D eigenvalue weighted by Crippen LogP contribution is 2.30. The number of thiophene rings is 1. The minimum absolute atomic E-state index is 0.0614. The fourth-order valence-corrected chi connectivity index (χ4v) is 3.74. The molecule has 0 saturated heterocycles. The van der Waals surface area contributed by atoms with E-state index in [0.717, 1.165) is 10.4 Å². The van der Waals surface area contributed by atoms with E-state index >= 15 is 0 Å². The Labute approximate surface area is 129 Å². The van der Waals surface area contributed by atoms with Crippen molar-refractivity contribution in [1.82, 2.24) is 0 Å². The molecule has 0 amide bonds. The normalized spacial score (nSPS) is 11.3. The van der Waals surface area contributed by atoms with Gasteiger partial charge in [-0.25, -0.2) is 0 Å². The van der Waals surface area contributed by atoms with Crippen LogP contribution >= 0.6 is 23.1 Å². The predicted octanol–water partition coefficient (Wildman–Crippen LogP) is 5.75. The van der Waals surface area contributed by atoms with E-state index in [0.29, 0.717) is 5.25 Å². The standard InChI is InChI=1S/C17H20OS2/c1-11(2)17(18)16-9-14(10-19-16)13-5-7-15(8-6-13)20-12(3)4/h5-12H,1-4H3. The quantitative estimate of drug-likeness (QED) is 0.516. The highest BCUT2D eigenvalue weighted by Gasteiger charge is 2.13. The molecular formula is C17H20OS2. The average Bonchev–Trinajstić information content (AvgIpc) is 2.87. The van der Waals surface area contributed by atoms with Crippen LogP contribution in [-0.2, 0) is 0 Å². The fourth-order valence-electron chi connectivity index (χ4n) is 1.90. The number of rotatable bonds is 5. The van der Waals surface area contributed by atoms with E-state index < -0.39 is 0 Å². The van der Waals surface area contributed by atoms with Crippen LogP contribution in [0.5, 0.6) is 0 Å². The summed E-state index contributed by atoms with van der Waals surface area (Å²) in [4.78, 5) is 14.1. The molecule has 3 heteroatoms. The number of ketones is 1. The van der Waals surface area contributed by atoms with Crippen LogP contribution in [0.4, 0.5) is 0 Å². The molecule has 0 spiro atoms. The lowest BCUT2D eigenvalue weighted by atomic mass is 10.1. The van der Waals surface area contributed by atoms with E-state index in [1.165, 1.54) is 10.5 Å². The zero-order chi connectivity index (χ0) is 14.7. The van der Waals surface area contributed by atoms with Gasteiger partial charge < -0.3 is 0 Å². The first-order valence-corrected chi connectivity index (χ1v) is 8.63. The highest BCUT2D eigenvalue weighted by molar-refractivity contribution is 7.99. The third-order valence-electron chi connectivity index (χ3n) is 2.93. The lowest BCUT2D eigenvalue weighted by molar-refractivity contribution is 0.0943. The number of hydrogen-bond donors (Lipinski definition) is 0. The monoisotopic (exact) mass is 304 g/mol. The largest absolute Gasteiger partial charge is 0.293 e. The van der Waals surface area contributed by atoms with E-state index in [1.54, 1.807) is 11.3 Å². The molecular weight excluding hydrogens is 284 g/mol. The van der Waals surface area contributed by atoms with E-state index in [9.17, 15) is 4.79 Å². The Bertz CT molecular complexity index is 579. The molecule has 0 aliphatic carbocycles. The second-order valence-corrected chi connectivity index (χ2v) is 7.97. The molecule has 1 aromatic heterocycles. The zero-order valence-electron chi connectivity index (χ0n) is 12.3. The molecule has 0 aliphatic heterocycles. The summed E-state index contributed by atoms with van der Waals surface area (Å²) in [5.74, 6) is 0.291. The van der Waals surface area contributed by atoms with Crippen molar-refractivity contribution in [3.05, 3.63) is 40.6 Å². The van der Waals surface area contributed by atoms with Crippen molar-refractivity contribution in [2.75, 3.05) is 0 Å². The first-order chi connectivity index (χ1) is 9.47. The second-order valence-electron chi connectivity index (χ2n) is 5.41. The van der Waals surface area contributed by atoms with Crippen LogP contribution in [0.1, 0.15) is 37.4 Å². The van der Waals surface area contributed by atoms with Crippen molar-refractivity contribution >= 4 is 28.9 Å². The summed E-state index contributed by atoms with van der Waals surface area (Å²) in [6, 6.07) is 10.6. The van der Waals surface area contributed by atoms with Gasteiger partial charge in [0.25, 0.3) is 0 Å². The molecule has 0 aliphatic rings. The molecule has 0 fully saturated rings. The molecule has 0 saturated carbocycles. The zero-order valence-corrected chi connectivity index (χ0v) is 14.0. The van der Waals surface area contributed by atoms with Gasteiger partial charge in [0, 0.05) is 16.1 Å². The molecule has 1 aromatic carbocycles. The van der Waals surface area contributed by atoms with Gasteiger partial charge in [0.1, 0.15) is 0 Å². The van der Waals surface area contributed by atoms with Crippen LogP contribution in [0.3, 0.4) is 0 Å². The van der Waals surface area contributed by atoms with E-state index in [4.69, 9.17) is 0 Å². The number of Topliss-reactive ketones (excluding diaryl/α,β-unsaturated/α-hetero) is 1. The van der Waals surface area contributed by atoms with Crippen molar-refractivity contribution in [3.8, 4) is 11.1 Å². The number of thioether (sulfide) groups is 1. The summed E-state index contributed by atoms with van der Waals surface area (Å²) in [5.41, 5.74) is 2.32. The van der Waals surface area contributed by atoms with E-state index in [-0.39, 0.29) is 11.7 Å². The summed E-state index contributed by atoms with van der Waals surface area (Å²) < 4.78 is 0. The smallest absolute Gasteiger partial charge is 0.175 e. The summed E-state index contributed by atoms with van der Waals surface area (Å²) in [5, 5.41) is 2.66. The maximum atomic E-state index is 12.0. The molecule has 1 nitrogen and oxygen atoms in total. The van der Waals surface area contributed by atoms with Gasteiger partial charge in [-0.05, 0) is 34.7 Å². The van der Waals surface area contributed by atoms with Gasteiger partial charge in [-0.15, -0.1) is 23.1 Å². The molecule has 20 heavy (non-hydrogen) atoms. The number of carbonyl (C=O) groups is 1. The number of hydrogen-bond acceptors (Lipinski definition) is 3. The van der Waals surface area contributed by atoms with Gasteiger partial charge in [-0.2, -0.15) is 0 Å². The number of benzene rings is 1. The number of carbonyl (C=O) groups excluding carboxylic acids is 1. The summed E-state index contributed by atoms with van der Waals surface area (Å²) in [6.07, 6.45) is 0. The average molecular weight is 304 g/mol. The van der Waals surface area contributed by atoms with Crippen LogP contribution in [0.25, 0.3) is 11.1 Å². The Hall–Kier alpha value is -1.06. The van der Waals surface area contributed by atoms with Crippen LogP contribution < -0.4 is 0 Å². The van der Waals surface area contributed by atoms with Gasteiger partial charge in [-0.3, -0.25) is 4.79 Å². The molecule has 106 valence electrons. The molecule has 0 radical (unpaired) electrons. The molecule has 0 atom stereocenters. The van der Waals surface area contributed by atoms with Crippen molar-refractivity contribution in [2.45, 2.75) is 37.8 Å². The Morgan fingerprint density at radius 3 is 2.25 bits per heavy atom. The highest BCUT2D eigenvalue weighted by atomic mass is 32.2. The van der Waals surface area contributed by atoms with Crippen molar-refractivity contribution < 1.29 is 4.79 Å². The Morgan fingerprint density at radius 2 is 1.70 bits per heavy atom. The van der Waals surface area contributed by atoms with Gasteiger partial charge >= 0.3 is 0 Å². The van der Waals surface area contributed by atoms with Gasteiger partial charge in [0.05, 0.1) is 4.88 Å². The topological polar surface area (TPSA) is 17.1 Å². The summed E-state index contributed by atoms with van der Waals surface area (Å²) in [7, 11) is 0. The molecule has 0 bridgehead atoms. The Kier molecular flexibility index (Phi) is 5.06. The first-order valence-electron chi connectivity index (χ1n) is 6.87. The Morgan fingerprint density at radius 1 is 1.05 bits per heavy atom. The minimum Gasteiger partial charge on any atom is -0.293 e. The third kappa shape index (κ3) is 3.74. The van der Waals surface area contributed by atoms with Crippen LogP contribution in [0.15, 0.2) is 40.6 Å². The summed E-state index contributed by atoms with van der Waals surface area (Å²) >= 11 is 3.41. The fraction of sp³-hybridized carbons (Fsp3) is 0.353. The lowest BCUT2D eigenvalue weighted by Gasteiger charge is -2.05. The van der Waals surface area contributed by atoms with Crippen molar-refractivity contribution in [3.63, 3.8) is 0 Å². The maximum Gasteiger partial charge on any atom is 0.175 e. The van der Waals surface area contributed by atoms with Gasteiger partial charge in [0.15, 0.2) is 5.78 Å². The third-order valence-corrected chi connectivity index (χ3v) is 4.89. The van der Waals surface area contributed by atoms with Crippen molar-refractivity contribution in [1.29, 1.82) is 0 Å². The van der Waals surface area contributed by atoms with Crippen LogP contribution in [0, 0.1) is 5.92 Å². The SMILES string of the molecule is CC(C)Sc1ccc(-c2csc(C(=O)C(C)C)c2)cc1. The molecule has 1 heterocycles. The second kappa shape index (κ2) is 6.59. The summed E-state index contributed by atoms with van der Waals surface area (Å²) in [6.45, 7) is 8.28. The predicted molar refractivity (Wildman–Crippen MR) is 89.9 cm³/mol. The van der Waals surface area contributed by atoms with E-state index in [2.05, 4.69) is 43.5 Å². The molecule has 0 unspecified atom stereocenters. The first kappa shape index (κ1) is 15.3. The van der Waals surface area contributed by atoms with Gasteiger partial charge in [-0.1, -0.05) is 39.8 Å².